The predicted octanol–water partition coefficient (Wildman–Crippen LogP) is 0.730. The highest BCUT2D eigenvalue weighted by atomic mass is 16.6. The molecular formula is C15H27N3O5. The predicted molar refractivity (Wildman–Crippen MR) is 89.6 cm³/mol. The summed E-state index contributed by atoms with van der Waals surface area (Å²) in [6.07, 6.45) is 2.17. The Hall–Kier alpha value is -1.74. The smallest absolute Gasteiger partial charge is 0.292 e. The molecule has 1 rings (SSSR count). The zero-order valence-electron chi connectivity index (χ0n) is 13.3. The Kier molecular flexibility index (Phi) is 14.0. The monoisotopic (exact) mass is 329 g/mol. The lowest BCUT2D eigenvalue weighted by molar-refractivity contribution is -0.384. The first-order valence-corrected chi connectivity index (χ1v) is 7.68. The zero-order chi connectivity index (χ0) is 17.3. The number of nitro benzene ring substituents is 1. The highest BCUT2D eigenvalue weighted by Crippen LogP contribution is 2.22. The molecule has 0 amide bonds. The van der Waals surface area contributed by atoms with Crippen LogP contribution in [0, 0.1) is 10.1 Å². The molecule has 0 radical (unpaired) electrons. The van der Waals surface area contributed by atoms with E-state index in [1.54, 1.807) is 18.2 Å². The van der Waals surface area contributed by atoms with Gasteiger partial charge in [-0.3, -0.25) is 10.1 Å². The van der Waals surface area contributed by atoms with Crippen molar-refractivity contribution in [1.82, 2.24) is 5.32 Å². The van der Waals surface area contributed by atoms with Crippen molar-refractivity contribution in [3.63, 3.8) is 0 Å². The average Bonchev–Trinajstić information content (AvgIpc) is 2.56. The summed E-state index contributed by atoms with van der Waals surface area (Å²) in [7, 11) is 0. The fourth-order valence-corrected chi connectivity index (χ4v) is 1.62. The molecule has 0 atom stereocenters. The lowest BCUT2D eigenvalue weighted by Gasteiger charge is -2.04. The first-order valence-electron chi connectivity index (χ1n) is 7.68. The van der Waals surface area contributed by atoms with E-state index in [1.165, 1.54) is 6.07 Å². The van der Waals surface area contributed by atoms with E-state index >= 15 is 0 Å². The molecule has 1 aromatic rings. The van der Waals surface area contributed by atoms with Crippen LogP contribution in [0.4, 0.5) is 11.4 Å². The Morgan fingerprint density at radius 3 is 1.96 bits per heavy atom. The van der Waals surface area contributed by atoms with Crippen molar-refractivity contribution in [2.75, 3.05) is 44.8 Å². The maximum atomic E-state index is 10.6. The maximum absolute atomic E-state index is 10.6. The van der Waals surface area contributed by atoms with E-state index in [0.29, 0.717) is 18.7 Å². The van der Waals surface area contributed by atoms with Crippen LogP contribution in [0.3, 0.4) is 0 Å². The van der Waals surface area contributed by atoms with E-state index < -0.39 is 4.92 Å². The third kappa shape index (κ3) is 11.5. The number of benzene rings is 1. The number of para-hydroxylation sites is 2. The van der Waals surface area contributed by atoms with E-state index in [2.05, 4.69) is 10.6 Å². The summed E-state index contributed by atoms with van der Waals surface area (Å²) in [6, 6.07) is 6.44. The quantitative estimate of drug-likeness (QED) is 0.230. The summed E-state index contributed by atoms with van der Waals surface area (Å²) < 4.78 is 0. The van der Waals surface area contributed by atoms with Gasteiger partial charge < -0.3 is 26.0 Å². The van der Waals surface area contributed by atoms with Gasteiger partial charge in [-0.05, 0) is 38.4 Å². The molecule has 0 saturated heterocycles. The summed E-state index contributed by atoms with van der Waals surface area (Å²) in [5, 5.41) is 41.7. The summed E-state index contributed by atoms with van der Waals surface area (Å²) in [6.45, 7) is 2.78. The van der Waals surface area contributed by atoms with Gasteiger partial charge in [-0.25, -0.2) is 0 Å². The van der Waals surface area contributed by atoms with Crippen LogP contribution in [-0.4, -0.2) is 59.7 Å². The van der Waals surface area contributed by atoms with Crippen molar-refractivity contribution in [3.8, 4) is 0 Å². The van der Waals surface area contributed by atoms with Crippen LogP contribution in [0.5, 0.6) is 0 Å². The van der Waals surface area contributed by atoms with Crippen LogP contribution in [0.1, 0.15) is 19.3 Å². The van der Waals surface area contributed by atoms with Gasteiger partial charge in [0.2, 0.25) is 0 Å². The molecule has 8 heteroatoms. The molecule has 8 nitrogen and oxygen atoms in total. The first-order chi connectivity index (χ1) is 11.2. The molecule has 0 unspecified atom stereocenters. The molecule has 0 aliphatic heterocycles. The van der Waals surface area contributed by atoms with Gasteiger partial charge in [0, 0.05) is 32.4 Å². The maximum Gasteiger partial charge on any atom is 0.292 e. The third-order valence-electron chi connectivity index (χ3n) is 2.77. The summed E-state index contributed by atoms with van der Waals surface area (Å²) in [5.74, 6) is 0. The van der Waals surface area contributed by atoms with Gasteiger partial charge in [0.25, 0.3) is 5.69 Å². The van der Waals surface area contributed by atoms with Gasteiger partial charge in [0.05, 0.1) is 4.92 Å². The van der Waals surface area contributed by atoms with Crippen LogP contribution in [-0.2, 0) is 0 Å². The molecule has 0 bridgehead atoms. The van der Waals surface area contributed by atoms with E-state index in [-0.39, 0.29) is 25.5 Å². The zero-order valence-corrected chi connectivity index (χ0v) is 13.3. The molecule has 0 saturated carbocycles. The van der Waals surface area contributed by atoms with Gasteiger partial charge in [0.15, 0.2) is 0 Å². The van der Waals surface area contributed by atoms with Crippen molar-refractivity contribution in [3.05, 3.63) is 34.4 Å². The van der Waals surface area contributed by atoms with Gasteiger partial charge in [-0.2, -0.15) is 0 Å². The number of aliphatic hydroxyl groups is 3. The number of hydrogen-bond donors (Lipinski definition) is 5. The standard InChI is InChI=1S/C9H12N2O3.C6H15NO2/c12-7-3-6-10-8-4-1-2-5-9(8)11(13)14;8-5-1-3-7-4-2-6-9/h1-2,4-5,10,12H,3,6-7H2;7-9H,1-6H2. The van der Waals surface area contributed by atoms with Gasteiger partial charge in [0.1, 0.15) is 5.69 Å². The highest BCUT2D eigenvalue weighted by molar-refractivity contribution is 5.60. The van der Waals surface area contributed by atoms with Crippen molar-refractivity contribution in [2.24, 2.45) is 0 Å². The van der Waals surface area contributed by atoms with Crippen LogP contribution in [0.2, 0.25) is 0 Å². The third-order valence-corrected chi connectivity index (χ3v) is 2.77. The van der Waals surface area contributed by atoms with E-state index in [9.17, 15) is 10.1 Å². The van der Waals surface area contributed by atoms with Crippen molar-refractivity contribution >= 4 is 11.4 Å². The number of nitrogens with one attached hydrogen (secondary N) is 2. The Balaban J connectivity index is 0.000000468. The Morgan fingerprint density at radius 1 is 0.913 bits per heavy atom. The molecular weight excluding hydrogens is 302 g/mol. The van der Waals surface area contributed by atoms with Gasteiger partial charge in [-0.1, -0.05) is 12.1 Å². The minimum atomic E-state index is -0.429. The largest absolute Gasteiger partial charge is 0.396 e. The summed E-state index contributed by atoms with van der Waals surface area (Å²) in [5.41, 5.74) is 0.552. The fourth-order valence-electron chi connectivity index (χ4n) is 1.62. The SMILES string of the molecule is O=[N+]([O-])c1ccccc1NCCCO.OCCCNCCCO. The Bertz CT molecular complexity index is 412. The second-order valence-electron chi connectivity index (χ2n) is 4.68. The normalized spacial score (nSPS) is 9.87. The topological polar surface area (TPSA) is 128 Å². The Morgan fingerprint density at radius 2 is 1.43 bits per heavy atom. The van der Waals surface area contributed by atoms with Crippen LogP contribution in [0.25, 0.3) is 0 Å². The molecule has 0 aliphatic carbocycles. The van der Waals surface area contributed by atoms with Gasteiger partial charge in [-0.15, -0.1) is 0 Å². The molecule has 1 aromatic carbocycles. The summed E-state index contributed by atoms with van der Waals surface area (Å²) >= 11 is 0. The van der Waals surface area contributed by atoms with Gasteiger partial charge >= 0.3 is 0 Å². The second kappa shape index (κ2) is 15.2. The highest BCUT2D eigenvalue weighted by Gasteiger charge is 2.10. The molecule has 0 fully saturated rings. The number of rotatable bonds is 11. The van der Waals surface area contributed by atoms with E-state index in [4.69, 9.17) is 15.3 Å². The number of hydrogen-bond acceptors (Lipinski definition) is 7. The van der Waals surface area contributed by atoms with Crippen LogP contribution >= 0.6 is 0 Å². The minimum absolute atomic E-state index is 0.0606. The van der Waals surface area contributed by atoms with E-state index in [1.807, 2.05) is 0 Å². The number of anilines is 1. The molecule has 0 aliphatic rings. The number of aliphatic hydroxyl groups excluding tert-OH is 3. The molecule has 132 valence electrons. The second-order valence-corrected chi connectivity index (χ2v) is 4.68. The molecule has 0 spiro atoms. The van der Waals surface area contributed by atoms with Crippen LogP contribution in [0.15, 0.2) is 24.3 Å². The lowest BCUT2D eigenvalue weighted by Crippen LogP contribution is -2.18. The minimum Gasteiger partial charge on any atom is -0.396 e. The van der Waals surface area contributed by atoms with Crippen molar-refractivity contribution in [2.45, 2.75) is 19.3 Å². The molecule has 5 N–H and O–H groups in total. The van der Waals surface area contributed by atoms with Crippen LogP contribution < -0.4 is 10.6 Å². The lowest BCUT2D eigenvalue weighted by atomic mass is 10.2. The van der Waals surface area contributed by atoms with Crippen molar-refractivity contribution < 1.29 is 20.2 Å². The fraction of sp³-hybridized carbons (Fsp3) is 0.600. The summed E-state index contributed by atoms with van der Waals surface area (Å²) in [4.78, 5) is 10.1. The number of nitro groups is 1. The number of nitrogens with zero attached hydrogens (tertiary/aromatic N) is 1. The first kappa shape index (κ1) is 21.3. The molecule has 0 heterocycles. The Labute approximate surface area is 136 Å². The molecule has 0 aromatic heterocycles. The van der Waals surface area contributed by atoms with Crippen molar-refractivity contribution in [1.29, 1.82) is 0 Å². The molecule has 23 heavy (non-hydrogen) atoms. The van der Waals surface area contributed by atoms with E-state index in [0.717, 1.165) is 25.9 Å². The average molecular weight is 329 g/mol.